The highest BCUT2D eigenvalue weighted by Gasteiger charge is 2.29. The van der Waals surface area contributed by atoms with E-state index in [1.807, 2.05) is 0 Å². The lowest BCUT2D eigenvalue weighted by atomic mass is 9.97. The standard InChI is InChI=1S/C14H24O2/c1-3-4-5-6-8-12(2)9-7-10-13-11-16-14(13)15/h8,13H,3-7,9-11H2,1-2H3. The van der Waals surface area contributed by atoms with E-state index in [-0.39, 0.29) is 11.9 Å². The number of rotatable bonds is 8. The highest BCUT2D eigenvalue weighted by atomic mass is 16.6. The fraction of sp³-hybridized carbons (Fsp3) is 0.786. The van der Waals surface area contributed by atoms with Gasteiger partial charge in [-0.15, -0.1) is 0 Å². The molecule has 1 heterocycles. The van der Waals surface area contributed by atoms with Crippen molar-refractivity contribution in [2.24, 2.45) is 5.92 Å². The van der Waals surface area contributed by atoms with E-state index in [1.165, 1.54) is 31.3 Å². The molecule has 0 N–H and O–H groups in total. The van der Waals surface area contributed by atoms with E-state index in [2.05, 4.69) is 19.9 Å². The predicted molar refractivity (Wildman–Crippen MR) is 66.2 cm³/mol. The highest BCUT2D eigenvalue weighted by molar-refractivity contribution is 5.77. The molecule has 16 heavy (non-hydrogen) atoms. The molecule has 0 amide bonds. The molecule has 0 bridgehead atoms. The molecule has 0 saturated carbocycles. The Hall–Kier alpha value is -0.790. The third kappa shape index (κ3) is 4.82. The molecule has 0 aromatic rings. The molecule has 1 rings (SSSR count). The van der Waals surface area contributed by atoms with Crippen LogP contribution in [0.3, 0.4) is 0 Å². The monoisotopic (exact) mass is 224 g/mol. The third-order valence-electron chi connectivity index (χ3n) is 3.18. The molecule has 1 atom stereocenters. The summed E-state index contributed by atoms with van der Waals surface area (Å²) >= 11 is 0. The Morgan fingerprint density at radius 1 is 1.44 bits per heavy atom. The van der Waals surface area contributed by atoms with Gasteiger partial charge in [0.1, 0.15) is 6.61 Å². The number of esters is 1. The number of cyclic esters (lactones) is 1. The number of unbranched alkanes of at least 4 members (excludes halogenated alkanes) is 3. The molecule has 0 aromatic heterocycles. The van der Waals surface area contributed by atoms with E-state index in [4.69, 9.17) is 4.74 Å². The minimum atomic E-state index is 0.00424. The Morgan fingerprint density at radius 3 is 2.81 bits per heavy atom. The van der Waals surface area contributed by atoms with E-state index in [9.17, 15) is 4.79 Å². The molecule has 1 aliphatic rings. The van der Waals surface area contributed by atoms with Gasteiger partial charge in [-0.05, 0) is 39.0 Å². The Balaban J connectivity index is 2.00. The molecule has 0 aliphatic carbocycles. The first kappa shape index (κ1) is 13.3. The van der Waals surface area contributed by atoms with E-state index in [1.54, 1.807) is 0 Å². The Labute approximate surface area is 99.1 Å². The van der Waals surface area contributed by atoms with Crippen LogP contribution < -0.4 is 0 Å². The van der Waals surface area contributed by atoms with Gasteiger partial charge in [0, 0.05) is 0 Å². The van der Waals surface area contributed by atoms with Crippen molar-refractivity contribution in [3.05, 3.63) is 11.6 Å². The van der Waals surface area contributed by atoms with Gasteiger partial charge in [-0.2, -0.15) is 0 Å². The first-order chi connectivity index (χ1) is 7.74. The number of hydrogen-bond donors (Lipinski definition) is 0. The zero-order valence-corrected chi connectivity index (χ0v) is 10.6. The number of ether oxygens (including phenoxy) is 1. The zero-order chi connectivity index (χ0) is 11.8. The summed E-state index contributed by atoms with van der Waals surface area (Å²) in [6.07, 6.45) is 10.8. The van der Waals surface area contributed by atoms with Crippen LogP contribution in [0.4, 0.5) is 0 Å². The van der Waals surface area contributed by atoms with Gasteiger partial charge in [0.25, 0.3) is 0 Å². The maximum Gasteiger partial charge on any atom is 0.312 e. The fourth-order valence-corrected chi connectivity index (χ4v) is 1.94. The van der Waals surface area contributed by atoms with Crippen molar-refractivity contribution in [3.63, 3.8) is 0 Å². The van der Waals surface area contributed by atoms with Gasteiger partial charge in [-0.3, -0.25) is 4.79 Å². The molecule has 2 heteroatoms. The Kier molecular flexibility index (Phi) is 6.20. The van der Waals surface area contributed by atoms with Crippen molar-refractivity contribution in [3.8, 4) is 0 Å². The number of carbonyl (C=O) groups excluding carboxylic acids is 1. The van der Waals surface area contributed by atoms with Crippen LogP contribution in [-0.4, -0.2) is 12.6 Å². The molecule has 1 fully saturated rings. The van der Waals surface area contributed by atoms with Crippen molar-refractivity contribution in [2.45, 2.75) is 58.8 Å². The molecule has 92 valence electrons. The van der Waals surface area contributed by atoms with Crippen LogP contribution in [0.1, 0.15) is 58.8 Å². The van der Waals surface area contributed by atoms with Crippen molar-refractivity contribution in [1.82, 2.24) is 0 Å². The molecule has 0 radical (unpaired) electrons. The first-order valence-corrected chi connectivity index (χ1v) is 6.56. The average Bonchev–Trinajstić information content (AvgIpc) is 2.28. The molecular weight excluding hydrogens is 200 g/mol. The lowest BCUT2D eigenvalue weighted by Crippen LogP contribution is -2.34. The fourth-order valence-electron chi connectivity index (χ4n) is 1.94. The molecule has 0 spiro atoms. The van der Waals surface area contributed by atoms with Crippen molar-refractivity contribution < 1.29 is 9.53 Å². The van der Waals surface area contributed by atoms with Crippen LogP contribution in [0.15, 0.2) is 11.6 Å². The molecule has 1 saturated heterocycles. The third-order valence-corrected chi connectivity index (χ3v) is 3.18. The second kappa shape index (κ2) is 7.48. The van der Waals surface area contributed by atoms with Crippen molar-refractivity contribution in [2.75, 3.05) is 6.61 Å². The van der Waals surface area contributed by atoms with Crippen LogP contribution >= 0.6 is 0 Å². The zero-order valence-electron chi connectivity index (χ0n) is 10.6. The van der Waals surface area contributed by atoms with Crippen LogP contribution in [0, 0.1) is 5.92 Å². The number of carbonyl (C=O) groups is 1. The van der Waals surface area contributed by atoms with Gasteiger partial charge in [0.15, 0.2) is 0 Å². The predicted octanol–water partition coefficient (Wildman–Crippen LogP) is 3.86. The van der Waals surface area contributed by atoms with Gasteiger partial charge in [0.05, 0.1) is 5.92 Å². The second-order valence-corrected chi connectivity index (χ2v) is 4.77. The normalized spacial score (nSPS) is 20.5. The van der Waals surface area contributed by atoms with Gasteiger partial charge in [-0.1, -0.05) is 31.4 Å². The maximum atomic E-state index is 10.9. The Morgan fingerprint density at radius 2 is 2.25 bits per heavy atom. The minimum absolute atomic E-state index is 0.00424. The van der Waals surface area contributed by atoms with Crippen LogP contribution in [0.25, 0.3) is 0 Å². The Bertz CT molecular complexity index is 243. The maximum absolute atomic E-state index is 10.9. The summed E-state index contributed by atoms with van der Waals surface area (Å²) in [7, 11) is 0. The summed E-state index contributed by atoms with van der Waals surface area (Å²) in [4.78, 5) is 10.9. The number of hydrogen-bond acceptors (Lipinski definition) is 2. The van der Waals surface area contributed by atoms with Crippen LogP contribution in [0.5, 0.6) is 0 Å². The van der Waals surface area contributed by atoms with Gasteiger partial charge in [-0.25, -0.2) is 0 Å². The van der Waals surface area contributed by atoms with E-state index < -0.39 is 0 Å². The first-order valence-electron chi connectivity index (χ1n) is 6.56. The quantitative estimate of drug-likeness (QED) is 0.355. The van der Waals surface area contributed by atoms with E-state index >= 15 is 0 Å². The van der Waals surface area contributed by atoms with Gasteiger partial charge >= 0.3 is 5.97 Å². The average molecular weight is 224 g/mol. The summed E-state index contributed by atoms with van der Waals surface area (Å²) in [5.41, 5.74) is 1.48. The summed E-state index contributed by atoms with van der Waals surface area (Å²) < 4.78 is 4.74. The van der Waals surface area contributed by atoms with Crippen LogP contribution in [-0.2, 0) is 9.53 Å². The molecule has 1 aliphatic heterocycles. The lowest BCUT2D eigenvalue weighted by Gasteiger charge is -2.24. The topological polar surface area (TPSA) is 26.3 Å². The summed E-state index contributed by atoms with van der Waals surface area (Å²) in [6.45, 7) is 5.08. The number of allylic oxidation sites excluding steroid dienone is 2. The van der Waals surface area contributed by atoms with Crippen LogP contribution in [0.2, 0.25) is 0 Å². The van der Waals surface area contributed by atoms with E-state index in [0.29, 0.717) is 6.61 Å². The largest absolute Gasteiger partial charge is 0.464 e. The van der Waals surface area contributed by atoms with Gasteiger partial charge < -0.3 is 4.74 Å². The minimum Gasteiger partial charge on any atom is -0.464 e. The highest BCUT2D eigenvalue weighted by Crippen LogP contribution is 2.20. The SMILES string of the molecule is CCCCCC=C(C)CCCC1COC1=O. The van der Waals surface area contributed by atoms with Crippen molar-refractivity contribution >= 4 is 5.97 Å². The van der Waals surface area contributed by atoms with Crippen molar-refractivity contribution in [1.29, 1.82) is 0 Å². The summed E-state index contributed by atoms with van der Waals surface area (Å²) in [6, 6.07) is 0. The van der Waals surface area contributed by atoms with Gasteiger partial charge in [0.2, 0.25) is 0 Å². The second-order valence-electron chi connectivity index (χ2n) is 4.77. The molecular formula is C14H24O2. The summed E-state index contributed by atoms with van der Waals surface area (Å²) in [5, 5.41) is 0. The summed E-state index contributed by atoms with van der Waals surface area (Å²) in [5.74, 6) is 0.206. The molecule has 2 nitrogen and oxygen atoms in total. The van der Waals surface area contributed by atoms with E-state index in [0.717, 1.165) is 19.3 Å². The molecule has 1 unspecified atom stereocenters. The lowest BCUT2D eigenvalue weighted by molar-refractivity contribution is -0.169. The smallest absolute Gasteiger partial charge is 0.312 e. The molecule has 0 aromatic carbocycles.